The average Bonchev–Trinajstić information content (AvgIpc) is 2.82. The van der Waals surface area contributed by atoms with E-state index in [2.05, 4.69) is 4.72 Å². The Morgan fingerprint density at radius 3 is 2.27 bits per heavy atom. The van der Waals surface area contributed by atoms with Crippen molar-refractivity contribution in [2.45, 2.75) is 50.7 Å². The summed E-state index contributed by atoms with van der Waals surface area (Å²) in [5.41, 5.74) is 0.962. The van der Waals surface area contributed by atoms with Crippen LogP contribution in [-0.4, -0.2) is 52.6 Å². The summed E-state index contributed by atoms with van der Waals surface area (Å²) in [5.74, 6) is 1.26. The molecule has 1 fully saturated rings. The molecule has 0 bridgehead atoms. The summed E-state index contributed by atoms with van der Waals surface area (Å²) in [7, 11) is -0.864. The first-order chi connectivity index (χ1) is 15.7. The number of sulfonamides is 1. The molecule has 0 saturated carbocycles. The maximum Gasteiger partial charge on any atom is 0.257 e. The zero-order valence-electron chi connectivity index (χ0n) is 19.6. The highest BCUT2D eigenvalue weighted by atomic mass is 32.2. The standard InChI is InChI=1S/C24H32N2O6S/c1-17(2)32-22-10-8-18(14-23(22)31-4)16-25-33(28,29)19-9-11-21(30-3)20(15-19)24(27)26-12-6-5-7-13-26/h8-11,14-15,17,25H,5-7,12-13,16H2,1-4H3. The molecule has 1 aliphatic heterocycles. The van der Waals surface area contributed by atoms with Gasteiger partial charge in [0, 0.05) is 19.6 Å². The molecule has 0 aromatic heterocycles. The minimum Gasteiger partial charge on any atom is -0.496 e. The Balaban J connectivity index is 1.79. The maximum atomic E-state index is 13.0. The molecule has 1 aliphatic rings. The summed E-state index contributed by atoms with van der Waals surface area (Å²) >= 11 is 0. The van der Waals surface area contributed by atoms with E-state index in [-0.39, 0.29) is 29.0 Å². The minimum atomic E-state index is -3.87. The molecule has 33 heavy (non-hydrogen) atoms. The lowest BCUT2D eigenvalue weighted by Gasteiger charge is -2.27. The van der Waals surface area contributed by atoms with Crippen molar-refractivity contribution in [3.05, 3.63) is 47.5 Å². The number of ether oxygens (including phenoxy) is 3. The van der Waals surface area contributed by atoms with Crippen LogP contribution < -0.4 is 18.9 Å². The number of methoxy groups -OCH3 is 2. The van der Waals surface area contributed by atoms with Gasteiger partial charge < -0.3 is 19.1 Å². The Kier molecular flexibility index (Phi) is 8.20. The summed E-state index contributed by atoms with van der Waals surface area (Å²) < 4.78 is 45.0. The zero-order valence-corrected chi connectivity index (χ0v) is 20.4. The molecular formula is C24H32N2O6S. The maximum absolute atomic E-state index is 13.0. The fourth-order valence-electron chi connectivity index (χ4n) is 3.72. The van der Waals surface area contributed by atoms with Gasteiger partial charge >= 0.3 is 0 Å². The second kappa shape index (κ2) is 10.9. The molecule has 0 radical (unpaired) electrons. The van der Waals surface area contributed by atoms with E-state index in [4.69, 9.17) is 14.2 Å². The highest BCUT2D eigenvalue weighted by Gasteiger charge is 2.24. The highest BCUT2D eigenvalue weighted by Crippen LogP contribution is 2.29. The van der Waals surface area contributed by atoms with Gasteiger partial charge in [-0.2, -0.15) is 0 Å². The molecular weight excluding hydrogens is 444 g/mol. The number of piperidine rings is 1. The van der Waals surface area contributed by atoms with Gasteiger partial charge in [0.05, 0.1) is 30.8 Å². The van der Waals surface area contributed by atoms with Gasteiger partial charge in [0.25, 0.3) is 5.91 Å². The van der Waals surface area contributed by atoms with Gasteiger partial charge in [-0.15, -0.1) is 0 Å². The Labute approximate surface area is 195 Å². The predicted molar refractivity (Wildman–Crippen MR) is 126 cm³/mol. The first kappa shape index (κ1) is 24.9. The van der Waals surface area contributed by atoms with Crippen LogP contribution in [-0.2, 0) is 16.6 Å². The SMILES string of the molecule is COc1cc(CNS(=O)(=O)c2ccc(OC)c(C(=O)N3CCCCC3)c2)ccc1OC(C)C. The topological polar surface area (TPSA) is 94.2 Å². The minimum absolute atomic E-state index is 0.00962. The number of carbonyl (C=O) groups excluding carboxylic acids is 1. The number of hydrogen-bond acceptors (Lipinski definition) is 6. The van der Waals surface area contributed by atoms with Crippen LogP contribution in [0.2, 0.25) is 0 Å². The normalized spacial score (nSPS) is 14.3. The number of nitrogens with zero attached hydrogens (tertiary/aromatic N) is 1. The van der Waals surface area contributed by atoms with Crippen LogP contribution in [0.4, 0.5) is 0 Å². The van der Waals surface area contributed by atoms with Crippen LogP contribution >= 0.6 is 0 Å². The lowest BCUT2D eigenvalue weighted by atomic mass is 10.1. The number of nitrogens with one attached hydrogen (secondary N) is 1. The number of benzene rings is 2. The molecule has 1 amide bonds. The lowest BCUT2D eigenvalue weighted by molar-refractivity contribution is 0.0720. The van der Waals surface area contributed by atoms with Crippen LogP contribution in [0.3, 0.4) is 0 Å². The Morgan fingerprint density at radius 1 is 0.970 bits per heavy atom. The largest absolute Gasteiger partial charge is 0.496 e. The molecule has 1 heterocycles. The van der Waals surface area contributed by atoms with Gasteiger partial charge in [-0.25, -0.2) is 13.1 Å². The van der Waals surface area contributed by atoms with Crippen molar-refractivity contribution in [3.8, 4) is 17.2 Å². The van der Waals surface area contributed by atoms with Crippen LogP contribution in [0.5, 0.6) is 17.2 Å². The summed E-state index contributed by atoms with van der Waals surface area (Å²) in [5, 5.41) is 0. The molecule has 9 heteroatoms. The molecule has 0 aliphatic carbocycles. The van der Waals surface area contributed by atoms with Gasteiger partial charge in [-0.3, -0.25) is 4.79 Å². The van der Waals surface area contributed by atoms with Crippen molar-refractivity contribution in [3.63, 3.8) is 0 Å². The van der Waals surface area contributed by atoms with Crippen LogP contribution in [0.1, 0.15) is 49.0 Å². The van der Waals surface area contributed by atoms with Crippen LogP contribution in [0, 0.1) is 0 Å². The van der Waals surface area contributed by atoms with Crippen LogP contribution in [0.15, 0.2) is 41.3 Å². The third-order valence-electron chi connectivity index (χ3n) is 5.41. The molecule has 0 unspecified atom stereocenters. The molecule has 2 aromatic carbocycles. The average molecular weight is 477 g/mol. The number of likely N-dealkylation sites (tertiary alicyclic amines) is 1. The molecule has 0 spiro atoms. The van der Waals surface area contributed by atoms with E-state index in [1.807, 2.05) is 13.8 Å². The van der Waals surface area contributed by atoms with E-state index in [1.165, 1.54) is 32.4 Å². The van der Waals surface area contributed by atoms with Crippen molar-refractivity contribution in [2.75, 3.05) is 27.3 Å². The number of carbonyl (C=O) groups is 1. The Morgan fingerprint density at radius 2 is 1.64 bits per heavy atom. The first-order valence-corrected chi connectivity index (χ1v) is 12.5. The van der Waals surface area contributed by atoms with E-state index in [1.54, 1.807) is 23.1 Å². The summed E-state index contributed by atoms with van der Waals surface area (Å²) in [4.78, 5) is 14.8. The zero-order chi connectivity index (χ0) is 24.0. The first-order valence-electron chi connectivity index (χ1n) is 11.1. The fourth-order valence-corrected chi connectivity index (χ4v) is 4.77. The van der Waals surface area contributed by atoms with E-state index in [9.17, 15) is 13.2 Å². The summed E-state index contributed by atoms with van der Waals surface area (Å²) in [6, 6.07) is 9.62. The predicted octanol–water partition coefficient (Wildman–Crippen LogP) is 3.60. The van der Waals surface area contributed by atoms with Gasteiger partial charge in [-0.1, -0.05) is 6.07 Å². The van der Waals surface area contributed by atoms with Crippen molar-refractivity contribution < 1.29 is 27.4 Å². The quantitative estimate of drug-likeness (QED) is 0.594. The van der Waals surface area contributed by atoms with E-state index < -0.39 is 10.0 Å². The lowest BCUT2D eigenvalue weighted by Crippen LogP contribution is -2.36. The van der Waals surface area contributed by atoms with Gasteiger partial charge in [0.1, 0.15) is 5.75 Å². The van der Waals surface area contributed by atoms with Gasteiger partial charge in [-0.05, 0) is 69.0 Å². The smallest absolute Gasteiger partial charge is 0.257 e. The summed E-state index contributed by atoms with van der Waals surface area (Å²) in [6.45, 7) is 5.22. The Bertz CT molecular complexity index is 1080. The number of rotatable bonds is 9. The molecule has 0 atom stereocenters. The van der Waals surface area contributed by atoms with Crippen molar-refractivity contribution in [1.29, 1.82) is 0 Å². The molecule has 1 N–H and O–H groups in total. The van der Waals surface area contributed by atoms with Crippen molar-refractivity contribution in [2.24, 2.45) is 0 Å². The third-order valence-corrected chi connectivity index (χ3v) is 6.81. The van der Waals surface area contributed by atoms with E-state index >= 15 is 0 Å². The molecule has 8 nitrogen and oxygen atoms in total. The molecule has 180 valence electrons. The fraction of sp³-hybridized carbons (Fsp3) is 0.458. The Hall–Kier alpha value is -2.78. The highest BCUT2D eigenvalue weighted by molar-refractivity contribution is 7.89. The van der Waals surface area contributed by atoms with Crippen molar-refractivity contribution >= 4 is 15.9 Å². The third kappa shape index (κ3) is 6.17. The van der Waals surface area contributed by atoms with E-state index in [0.717, 1.165) is 19.3 Å². The number of amides is 1. The second-order valence-electron chi connectivity index (χ2n) is 8.19. The molecule has 1 saturated heterocycles. The number of hydrogen-bond donors (Lipinski definition) is 1. The van der Waals surface area contributed by atoms with Crippen molar-refractivity contribution in [1.82, 2.24) is 9.62 Å². The molecule has 2 aromatic rings. The van der Waals surface area contributed by atoms with Gasteiger partial charge in [0.15, 0.2) is 11.5 Å². The second-order valence-corrected chi connectivity index (χ2v) is 9.96. The van der Waals surface area contributed by atoms with Gasteiger partial charge in [0.2, 0.25) is 10.0 Å². The summed E-state index contributed by atoms with van der Waals surface area (Å²) in [6.07, 6.45) is 2.96. The van der Waals surface area contributed by atoms with Crippen LogP contribution in [0.25, 0.3) is 0 Å². The van der Waals surface area contributed by atoms with E-state index in [0.29, 0.717) is 35.9 Å². The monoisotopic (exact) mass is 476 g/mol. The molecule has 3 rings (SSSR count).